The van der Waals surface area contributed by atoms with E-state index in [-0.39, 0.29) is 45.5 Å². The van der Waals surface area contributed by atoms with Crippen LogP contribution in [0.2, 0.25) is 0 Å². The highest BCUT2D eigenvalue weighted by Crippen LogP contribution is 2.77. The van der Waals surface area contributed by atoms with Crippen LogP contribution in [0.4, 0.5) is 0 Å². The second kappa shape index (κ2) is 14.2. The lowest BCUT2D eigenvalue weighted by atomic mass is 9.33. The summed E-state index contributed by atoms with van der Waals surface area (Å²) in [6, 6.07) is 10.7. The van der Waals surface area contributed by atoms with Gasteiger partial charge in [-0.1, -0.05) is 84.4 Å². The van der Waals surface area contributed by atoms with Crippen LogP contribution in [0.25, 0.3) is 0 Å². The Labute approximate surface area is 320 Å². The molecule has 4 fully saturated rings. The van der Waals surface area contributed by atoms with Crippen LogP contribution in [0.3, 0.4) is 0 Å². The standard InChI is InChI=1S/C46H70N2O5/c1-30(2)38-33(49)27-46(23-25-48(26-24-47)29-31-13-11-10-12-14-31)22-21-44(8)32(39(38)46)15-16-35-43(7)19-18-36(53-37(50)28-41(3,4)40(51)52)42(5,6)34(43)17-20-45(35,44)9/h10-14,30,32,34-36H,15-29,47H2,1-9H3,(H,51,52)/t32-,34?,35?,36+,43+,44-,45-,46-/m1/s1. The number of esters is 1. The lowest BCUT2D eigenvalue weighted by Crippen LogP contribution is -2.65. The molecule has 0 spiro atoms. The zero-order valence-electron chi connectivity index (χ0n) is 34.5. The fourth-order valence-electron chi connectivity index (χ4n) is 13.5. The molecule has 7 nitrogen and oxygen atoms in total. The van der Waals surface area contributed by atoms with Gasteiger partial charge in [-0.3, -0.25) is 19.3 Å². The van der Waals surface area contributed by atoms with Gasteiger partial charge in [-0.05, 0) is 129 Å². The molecule has 53 heavy (non-hydrogen) atoms. The number of carboxylic acids is 1. The Morgan fingerprint density at radius 3 is 2.26 bits per heavy atom. The Morgan fingerprint density at radius 1 is 0.925 bits per heavy atom. The summed E-state index contributed by atoms with van der Waals surface area (Å²) in [6.45, 7) is 23.4. The SMILES string of the molecule is CC(C)C1=C2[C@H]3CCC4[C@@]5(C)CC[C@H](OC(=O)CC(C)(C)C(=O)O)C(C)(C)C5CC[C@@]4(C)[C@]3(C)CC[C@@]2(CCN(CCN)Cc2ccccc2)CC1=O. The van der Waals surface area contributed by atoms with Crippen LogP contribution in [-0.2, 0) is 25.7 Å². The molecule has 0 amide bonds. The number of Topliss-reactive ketones (excluding diaryl/α,β-unsaturated/α-hetero) is 1. The Bertz CT molecular complexity index is 1600. The first-order chi connectivity index (χ1) is 24.8. The second-order valence-electron chi connectivity index (χ2n) is 20.5. The number of carbonyl (C=O) groups excluding carboxylic acids is 2. The molecule has 5 aliphatic carbocycles. The van der Waals surface area contributed by atoms with Gasteiger partial charge in [-0.25, -0.2) is 0 Å². The van der Waals surface area contributed by atoms with Crippen molar-refractivity contribution in [3.05, 3.63) is 47.0 Å². The molecule has 0 radical (unpaired) electrons. The first kappa shape index (κ1) is 40.2. The molecule has 294 valence electrons. The van der Waals surface area contributed by atoms with Gasteiger partial charge < -0.3 is 15.6 Å². The van der Waals surface area contributed by atoms with Crippen molar-refractivity contribution in [2.45, 2.75) is 146 Å². The average Bonchev–Trinajstić information content (AvgIpc) is 3.38. The summed E-state index contributed by atoms with van der Waals surface area (Å²) in [7, 11) is 0. The highest BCUT2D eigenvalue weighted by atomic mass is 16.5. The number of rotatable bonds is 12. The lowest BCUT2D eigenvalue weighted by Gasteiger charge is -2.72. The van der Waals surface area contributed by atoms with Crippen LogP contribution in [-0.4, -0.2) is 53.5 Å². The molecule has 8 atom stereocenters. The first-order valence-corrected chi connectivity index (χ1v) is 20.9. The summed E-state index contributed by atoms with van der Waals surface area (Å²) in [5.41, 5.74) is 9.10. The predicted octanol–water partition coefficient (Wildman–Crippen LogP) is 9.23. The smallest absolute Gasteiger partial charge is 0.309 e. The molecular formula is C46H70N2O5. The number of carboxylic acid groups (broad SMARTS) is 1. The summed E-state index contributed by atoms with van der Waals surface area (Å²) in [5.74, 6) is 0.630. The third-order valence-corrected chi connectivity index (χ3v) is 16.6. The number of benzene rings is 1. The number of ether oxygens (including phenoxy) is 1. The van der Waals surface area contributed by atoms with E-state index in [1.165, 1.54) is 12.0 Å². The molecule has 2 unspecified atom stereocenters. The van der Waals surface area contributed by atoms with E-state index in [0.29, 0.717) is 36.5 Å². The highest BCUT2D eigenvalue weighted by molar-refractivity contribution is 6.00. The fraction of sp³-hybridized carbons (Fsp3) is 0.761. The third-order valence-electron chi connectivity index (χ3n) is 16.6. The Hall–Kier alpha value is -2.51. The van der Waals surface area contributed by atoms with Crippen LogP contribution in [0, 0.1) is 56.2 Å². The molecule has 5 aliphatic rings. The van der Waals surface area contributed by atoms with Crippen molar-refractivity contribution < 1.29 is 24.2 Å². The minimum Gasteiger partial charge on any atom is -0.481 e. The van der Waals surface area contributed by atoms with E-state index in [9.17, 15) is 19.5 Å². The predicted molar refractivity (Wildman–Crippen MR) is 211 cm³/mol. The number of hydrogen-bond donors (Lipinski definition) is 2. The summed E-state index contributed by atoms with van der Waals surface area (Å²) in [5, 5.41) is 9.63. The van der Waals surface area contributed by atoms with Crippen molar-refractivity contribution in [3.8, 4) is 0 Å². The molecule has 0 bridgehead atoms. The second-order valence-corrected chi connectivity index (χ2v) is 20.5. The molecule has 0 aliphatic heterocycles. The summed E-state index contributed by atoms with van der Waals surface area (Å²) in [4.78, 5) is 41.6. The molecule has 0 saturated heterocycles. The number of hydrogen-bond acceptors (Lipinski definition) is 6. The zero-order chi connectivity index (χ0) is 38.8. The van der Waals surface area contributed by atoms with Crippen molar-refractivity contribution in [2.24, 2.45) is 61.9 Å². The third kappa shape index (κ3) is 6.66. The van der Waals surface area contributed by atoms with Crippen molar-refractivity contribution in [2.75, 3.05) is 19.6 Å². The maximum atomic E-state index is 14.2. The van der Waals surface area contributed by atoms with Gasteiger partial charge in [0.1, 0.15) is 6.10 Å². The van der Waals surface area contributed by atoms with Gasteiger partial charge in [0.15, 0.2) is 5.78 Å². The number of ketones is 1. The molecule has 6 rings (SSSR count). The van der Waals surface area contributed by atoms with Crippen LogP contribution >= 0.6 is 0 Å². The molecule has 0 aromatic heterocycles. The number of allylic oxidation sites excluding steroid dienone is 2. The van der Waals surface area contributed by atoms with Crippen LogP contribution in [0.15, 0.2) is 41.5 Å². The van der Waals surface area contributed by atoms with E-state index in [1.54, 1.807) is 19.4 Å². The van der Waals surface area contributed by atoms with Crippen molar-refractivity contribution in [3.63, 3.8) is 0 Å². The highest BCUT2D eigenvalue weighted by Gasteiger charge is 2.70. The maximum absolute atomic E-state index is 14.2. The van der Waals surface area contributed by atoms with Gasteiger partial charge >= 0.3 is 11.9 Å². The molecule has 0 heterocycles. The monoisotopic (exact) mass is 731 g/mol. The van der Waals surface area contributed by atoms with Crippen LogP contribution in [0.1, 0.15) is 139 Å². The fourth-order valence-corrected chi connectivity index (χ4v) is 13.5. The van der Waals surface area contributed by atoms with E-state index in [2.05, 4.69) is 83.7 Å². The molecule has 1 aromatic rings. The zero-order valence-corrected chi connectivity index (χ0v) is 34.5. The van der Waals surface area contributed by atoms with Gasteiger partial charge in [-0.15, -0.1) is 0 Å². The van der Waals surface area contributed by atoms with Crippen molar-refractivity contribution >= 4 is 17.7 Å². The number of carbonyl (C=O) groups is 3. The van der Waals surface area contributed by atoms with E-state index >= 15 is 0 Å². The average molecular weight is 731 g/mol. The van der Waals surface area contributed by atoms with Gasteiger partial charge in [0.25, 0.3) is 0 Å². The first-order valence-electron chi connectivity index (χ1n) is 20.9. The summed E-state index contributed by atoms with van der Waals surface area (Å²) in [6.07, 6.45) is 9.98. The van der Waals surface area contributed by atoms with Gasteiger partial charge in [-0.2, -0.15) is 0 Å². The van der Waals surface area contributed by atoms with Gasteiger partial charge in [0, 0.05) is 36.9 Å². The van der Waals surface area contributed by atoms with Crippen LogP contribution < -0.4 is 5.73 Å². The molecule has 1 aromatic carbocycles. The van der Waals surface area contributed by atoms with Gasteiger partial charge in [0.05, 0.1) is 11.8 Å². The van der Waals surface area contributed by atoms with E-state index < -0.39 is 17.4 Å². The van der Waals surface area contributed by atoms with Crippen LogP contribution in [0.5, 0.6) is 0 Å². The van der Waals surface area contributed by atoms with E-state index in [1.807, 2.05) is 0 Å². The molecule has 3 N–H and O–H groups in total. The number of fused-ring (bicyclic) bond motifs is 7. The van der Waals surface area contributed by atoms with E-state index in [4.69, 9.17) is 10.5 Å². The maximum Gasteiger partial charge on any atom is 0.309 e. The molecule has 7 heteroatoms. The van der Waals surface area contributed by atoms with E-state index in [0.717, 1.165) is 76.6 Å². The minimum atomic E-state index is -1.15. The summed E-state index contributed by atoms with van der Waals surface area (Å²) >= 11 is 0. The lowest BCUT2D eigenvalue weighted by molar-refractivity contribution is -0.233. The number of aliphatic carboxylic acids is 1. The number of nitrogens with zero attached hydrogens (tertiary/aromatic N) is 1. The number of nitrogens with two attached hydrogens (primary N) is 1. The minimum absolute atomic E-state index is 0.0617. The quantitative estimate of drug-likeness (QED) is 0.206. The Balaban J connectivity index is 1.26. The Morgan fingerprint density at radius 2 is 1.62 bits per heavy atom. The van der Waals surface area contributed by atoms with Crippen molar-refractivity contribution in [1.82, 2.24) is 4.90 Å². The van der Waals surface area contributed by atoms with Gasteiger partial charge in [0.2, 0.25) is 0 Å². The van der Waals surface area contributed by atoms with Crippen molar-refractivity contribution in [1.29, 1.82) is 0 Å². The normalized spacial score (nSPS) is 36.5. The largest absolute Gasteiger partial charge is 0.481 e. The topological polar surface area (TPSA) is 110 Å². The molecule has 4 saturated carbocycles. The Kier molecular flexibility index (Phi) is 10.8. The molecular weight excluding hydrogens is 661 g/mol. The summed E-state index contributed by atoms with van der Waals surface area (Å²) < 4.78 is 6.19.